The van der Waals surface area contributed by atoms with Gasteiger partial charge < -0.3 is 9.32 Å². The highest BCUT2D eigenvalue weighted by Crippen LogP contribution is 2.26. The van der Waals surface area contributed by atoms with Crippen molar-refractivity contribution in [3.8, 4) is 0 Å². The zero-order valence-electron chi connectivity index (χ0n) is 15.9. The Labute approximate surface area is 170 Å². The number of hydrogen-bond donors (Lipinski definition) is 0. The molecule has 0 saturated carbocycles. The lowest BCUT2D eigenvalue weighted by molar-refractivity contribution is 0.0717. The monoisotopic (exact) mass is 410 g/mol. The van der Waals surface area contributed by atoms with Gasteiger partial charge in [-0.25, -0.2) is 8.42 Å². The van der Waals surface area contributed by atoms with Gasteiger partial charge in [-0.15, -0.1) is 0 Å². The van der Waals surface area contributed by atoms with Gasteiger partial charge >= 0.3 is 0 Å². The van der Waals surface area contributed by atoms with E-state index >= 15 is 0 Å². The number of anilines is 1. The maximum absolute atomic E-state index is 13.3. The van der Waals surface area contributed by atoms with Crippen LogP contribution in [0.15, 0.2) is 77.4 Å². The summed E-state index contributed by atoms with van der Waals surface area (Å²) in [6.07, 6.45) is 2.18. The summed E-state index contributed by atoms with van der Waals surface area (Å²) >= 11 is 0. The predicted molar refractivity (Wildman–Crippen MR) is 111 cm³/mol. The molecule has 1 fully saturated rings. The molecule has 1 saturated heterocycles. The van der Waals surface area contributed by atoms with Crippen molar-refractivity contribution in [3.63, 3.8) is 0 Å². The molecule has 7 heteroatoms. The molecule has 6 nitrogen and oxygen atoms in total. The number of carbonyl (C=O) groups excluding carboxylic acids is 1. The fourth-order valence-corrected chi connectivity index (χ4v) is 5.06. The molecule has 0 aliphatic carbocycles. The minimum absolute atomic E-state index is 0.143. The molecule has 0 spiro atoms. The van der Waals surface area contributed by atoms with Gasteiger partial charge in [0.25, 0.3) is 5.91 Å². The van der Waals surface area contributed by atoms with E-state index in [4.69, 9.17) is 4.42 Å². The summed E-state index contributed by atoms with van der Waals surface area (Å²) in [5, 5.41) is 0. The van der Waals surface area contributed by atoms with Crippen LogP contribution in [0.1, 0.15) is 28.1 Å². The Morgan fingerprint density at radius 3 is 2.52 bits per heavy atom. The van der Waals surface area contributed by atoms with Gasteiger partial charge in [-0.3, -0.25) is 9.10 Å². The van der Waals surface area contributed by atoms with Gasteiger partial charge in [-0.1, -0.05) is 36.4 Å². The zero-order valence-corrected chi connectivity index (χ0v) is 16.7. The third kappa shape index (κ3) is 4.35. The highest BCUT2D eigenvalue weighted by atomic mass is 32.2. The highest BCUT2D eigenvalue weighted by Gasteiger charge is 2.29. The Morgan fingerprint density at radius 1 is 1.00 bits per heavy atom. The number of nitrogens with zero attached hydrogens (tertiary/aromatic N) is 2. The van der Waals surface area contributed by atoms with Crippen molar-refractivity contribution in [1.29, 1.82) is 0 Å². The molecular weight excluding hydrogens is 388 g/mol. The van der Waals surface area contributed by atoms with E-state index in [1.54, 1.807) is 41.5 Å². The van der Waals surface area contributed by atoms with Crippen LogP contribution < -0.4 is 4.31 Å². The van der Waals surface area contributed by atoms with Crippen LogP contribution in [0.25, 0.3) is 0 Å². The summed E-state index contributed by atoms with van der Waals surface area (Å²) in [5.74, 6) is 0.653. The molecule has 0 radical (unpaired) electrons. The maximum Gasteiger partial charge on any atom is 0.254 e. The van der Waals surface area contributed by atoms with Crippen molar-refractivity contribution in [1.82, 2.24) is 4.90 Å². The summed E-state index contributed by atoms with van der Waals surface area (Å²) in [7, 11) is -3.30. The van der Waals surface area contributed by atoms with E-state index in [0.717, 1.165) is 5.56 Å². The number of amides is 1. The third-order valence-corrected chi connectivity index (χ3v) is 6.78. The largest absolute Gasteiger partial charge is 0.467 e. The van der Waals surface area contributed by atoms with E-state index in [1.807, 2.05) is 36.4 Å². The molecule has 0 bridgehead atoms. The Bertz CT molecular complexity index is 1080. The fraction of sp³-hybridized carbons (Fsp3) is 0.227. The summed E-state index contributed by atoms with van der Waals surface area (Å²) in [4.78, 5) is 15.0. The molecule has 0 unspecified atom stereocenters. The first-order valence-electron chi connectivity index (χ1n) is 9.49. The van der Waals surface area contributed by atoms with E-state index in [0.29, 0.717) is 43.1 Å². The average molecular weight is 410 g/mol. The Hall–Kier alpha value is -3.06. The van der Waals surface area contributed by atoms with Crippen LogP contribution in [-0.4, -0.2) is 31.5 Å². The van der Waals surface area contributed by atoms with E-state index in [1.165, 1.54) is 4.31 Å². The van der Waals surface area contributed by atoms with Crippen molar-refractivity contribution in [3.05, 3.63) is 89.9 Å². The lowest BCUT2D eigenvalue weighted by atomic mass is 10.1. The second-order valence-electron chi connectivity index (χ2n) is 7.02. The summed E-state index contributed by atoms with van der Waals surface area (Å²) in [6, 6.07) is 20.2. The van der Waals surface area contributed by atoms with Crippen LogP contribution >= 0.6 is 0 Å². The first-order chi connectivity index (χ1) is 14.0. The number of benzene rings is 2. The van der Waals surface area contributed by atoms with E-state index in [2.05, 4.69) is 0 Å². The van der Waals surface area contributed by atoms with Crippen molar-refractivity contribution < 1.29 is 17.6 Å². The minimum Gasteiger partial charge on any atom is -0.467 e. The van der Waals surface area contributed by atoms with Gasteiger partial charge in [0, 0.05) is 18.7 Å². The van der Waals surface area contributed by atoms with Gasteiger partial charge in [0.1, 0.15) is 5.76 Å². The number of furan rings is 1. The second kappa shape index (κ2) is 8.13. The van der Waals surface area contributed by atoms with Crippen molar-refractivity contribution >= 4 is 21.6 Å². The fourth-order valence-electron chi connectivity index (χ4n) is 3.50. The number of rotatable bonds is 6. The van der Waals surface area contributed by atoms with Crippen LogP contribution in [0.4, 0.5) is 5.69 Å². The molecule has 4 rings (SSSR count). The van der Waals surface area contributed by atoms with Crippen LogP contribution in [0.2, 0.25) is 0 Å². The standard InChI is InChI=1S/C22H22N2O4S/c25-22(19-9-4-10-20(15-19)24-12-6-14-29(24,26)27)23(17-21-11-5-13-28-21)16-18-7-2-1-3-8-18/h1-5,7-11,13,15H,6,12,14,16-17H2. The topological polar surface area (TPSA) is 70.8 Å². The molecule has 2 aromatic carbocycles. The SMILES string of the molecule is O=C(c1cccc(N2CCCS2(=O)=O)c1)N(Cc1ccccc1)Cc1ccco1. The Kier molecular flexibility index (Phi) is 5.40. The van der Waals surface area contributed by atoms with Crippen LogP contribution in [0.3, 0.4) is 0 Å². The predicted octanol–water partition coefficient (Wildman–Crippen LogP) is 3.66. The number of carbonyl (C=O) groups is 1. The van der Waals surface area contributed by atoms with Crippen LogP contribution in [0.5, 0.6) is 0 Å². The molecular formula is C22H22N2O4S. The smallest absolute Gasteiger partial charge is 0.254 e. The van der Waals surface area contributed by atoms with Gasteiger partial charge in [0.15, 0.2) is 0 Å². The molecule has 1 aliphatic heterocycles. The molecule has 1 aromatic heterocycles. The van der Waals surface area contributed by atoms with Gasteiger partial charge in [0.05, 0.1) is 24.2 Å². The van der Waals surface area contributed by atoms with Gasteiger partial charge in [-0.05, 0) is 42.3 Å². The van der Waals surface area contributed by atoms with Gasteiger partial charge in [0.2, 0.25) is 10.0 Å². The van der Waals surface area contributed by atoms with Crippen molar-refractivity contribution in [2.45, 2.75) is 19.5 Å². The molecule has 29 heavy (non-hydrogen) atoms. The van der Waals surface area contributed by atoms with Gasteiger partial charge in [-0.2, -0.15) is 0 Å². The van der Waals surface area contributed by atoms with Crippen LogP contribution in [0, 0.1) is 0 Å². The normalized spacial score (nSPS) is 15.4. The molecule has 0 N–H and O–H groups in total. The van der Waals surface area contributed by atoms with E-state index in [9.17, 15) is 13.2 Å². The number of sulfonamides is 1. The lowest BCUT2D eigenvalue weighted by Crippen LogP contribution is -2.30. The molecule has 1 amide bonds. The minimum atomic E-state index is -3.30. The molecule has 2 heterocycles. The lowest BCUT2D eigenvalue weighted by Gasteiger charge is -2.23. The Balaban J connectivity index is 1.62. The van der Waals surface area contributed by atoms with Crippen molar-refractivity contribution in [2.75, 3.05) is 16.6 Å². The molecule has 3 aromatic rings. The maximum atomic E-state index is 13.3. The molecule has 150 valence electrons. The zero-order chi connectivity index (χ0) is 20.3. The highest BCUT2D eigenvalue weighted by molar-refractivity contribution is 7.93. The first kappa shape index (κ1) is 19.3. The molecule has 0 atom stereocenters. The first-order valence-corrected chi connectivity index (χ1v) is 11.1. The van der Waals surface area contributed by atoms with E-state index < -0.39 is 10.0 Å². The number of hydrogen-bond acceptors (Lipinski definition) is 4. The summed E-state index contributed by atoms with van der Waals surface area (Å²) < 4.78 is 31.3. The molecule has 1 aliphatic rings. The van der Waals surface area contributed by atoms with E-state index in [-0.39, 0.29) is 11.7 Å². The summed E-state index contributed by atoms with van der Waals surface area (Å²) in [5.41, 5.74) is 1.99. The Morgan fingerprint density at radius 2 is 1.83 bits per heavy atom. The van der Waals surface area contributed by atoms with Crippen LogP contribution in [-0.2, 0) is 23.1 Å². The average Bonchev–Trinajstić information content (AvgIpc) is 3.36. The quantitative estimate of drug-likeness (QED) is 0.622. The summed E-state index contributed by atoms with van der Waals surface area (Å²) in [6.45, 7) is 1.19. The third-order valence-electron chi connectivity index (χ3n) is 4.91. The van der Waals surface area contributed by atoms with Crippen molar-refractivity contribution in [2.24, 2.45) is 0 Å². The second-order valence-corrected chi connectivity index (χ2v) is 9.03.